The topological polar surface area (TPSA) is 40.5 Å². The lowest BCUT2D eigenvalue weighted by Crippen LogP contribution is -2.37. The summed E-state index contributed by atoms with van der Waals surface area (Å²) in [6, 6.07) is 0. The molecule has 5 heteroatoms. The number of aliphatic hydroxyl groups excluding tert-OH is 2. The Hall–Kier alpha value is -0.290. The van der Waals surface area contributed by atoms with Crippen molar-refractivity contribution in [3.63, 3.8) is 0 Å². The molecule has 0 aliphatic rings. The molecule has 2 N–H and O–H groups in total. The number of alkyl halides is 3. The van der Waals surface area contributed by atoms with Gasteiger partial charge in [-0.05, 0) is 6.42 Å². The van der Waals surface area contributed by atoms with E-state index in [4.69, 9.17) is 10.2 Å². The van der Waals surface area contributed by atoms with Gasteiger partial charge in [-0.3, -0.25) is 0 Å². The van der Waals surface area contributed by atoms with Crippen LogP contribution in [0.1, 0.15) is 13.3 Å². The zero-order chi connectivity index (χ0) is 9.07. The van der Waals surface area contributed by atoms with E-state index in [-0.39, 0.29) is 6.42 Å². The SMILES string of the molecule is CC[C@H](CO)[C@@H](O)C(F)(F)F. The maximum Gasteiger partial charge on any atom is 0.414 e. The molecule has 0 spiro atoms. The van der Waals surface area contributed by atoms with Crippen LogP contribution >= 0.6 is 0 Å². The maximum atomic E-state index is 11.7. The molecule has 0 fully saturated rings. The lowest BCUT2D eigenvalue weighted by molar-refractivity contribution is -0.222. The van der Waals surface area contributed by atoms with Gasteiger partial charge >= 0.3 is 6.18 Å². The molecule has 0 radical (unpaired) electrons. The van der Waals surface area contributed by atoms with Gasteiger partial charge in [-0.25, -0.2) is 0 Å². The quantitative estimate of drug-likeness (QED) is 0.664. The first-order valence-corrected chi connectivity index (χ1v) is 3.29. The summed E-state index contributed by atoms with van der Waals surface area (Å²) in [6.07, 6.45) is -6.92. The van der Waals surface area contributed by atoms with E-state index in [1.807, 2.05) is 0 Å². The highest BCUT2D eigenvalue weighted by molar-refractivity contribution is 4.73. The fourth-order valence-corrected chi connectivity index (χ4v) is 0.719. The van der Waals surface area contributed by atoms with Crippen LogP contribution in [0, 0.1) is 5.92 Å². The summed E-state index contributed by atoms with van der Waals surface area (Å²) in [5.41, 5.74) is 0. The Bertz CT molecular complexity index is 109. The molecule has 0 unspecified atom stereocenters. The highest BCUT2D eigenvalue weighted by Crippen LogP contribution is 2.26. The van der Waals surface area contributed by atoms with Crippen LogP contribution in [0.15, 0.2) is 0 Å². The average Bonchev–Trinajstić information content (AvgIpc) is 1.88. The van der Waals surface area contributed by atoms with Crippen LogP contribution in [-0.2, 0) is 0 Å². The molecular formula is C6H11F3O2. The Morgan fingerprint density at radius 1 is 1.36 bits per heavy atom. The lowest BCUT2D eigenvalue weighted by Gasteiger charge is -2.21. The fraction of sp³-hybridized carbons (Fsp3) is 1.00. The van der Waals surface area contributed by atoms with Crippen molar-refractivity contribution in [2.24, 2.45) is 5.92 Å². The van der Waals surface area contributed by atoms with E-state index in [9.17, 15) is 13.2 Å². The minimum Gasteiger partial charge on any atom is -0.396 e. The molecular weight excluding hydrogens is 161 g/mol. The smallest absolute Gasteiger partial charge is 0.396 e. The summed E-state index contributed by atoms with van der Waals surface area (Å²) in [5, 5.41) is 17.0. The highest BCUT2D eigenvalue weighted by atomic mass is 19.4. The van der Waals surface area contributed by atoms with Crippen LogP contribution in [0.2, 0.25) is 0 Å². The first kappa shape index (κ1) is 10.7. The van der Waals surface area contributed by atoms with Crippen molar-refractivity contribution in [1.29, 1.82) is 0 Å². The van der Waals surface area contributed by atoms with Gasteiger partial charge in [0, 0.05) is 12.5 Å². The molecule has 0 saturated heterocycles. The minimum atomic E-state index is -4.62. The van der Waals surface area contributed by atoms with E-state index in [2.05, 4.69) is 0 Å². The minimum absolute atomic E-state index is 0.108. The number of hydrogen-bond donors (Lipinski definition) is 2. The Kier molecular flexibility index (Phi) is 3.82. The van der Waals surface area contributed by atoms with E-state index >= 15 is 0 Å². The predicted octanol–water partition coefficient (Wildman–Crippen LogP) is 0.928. The summed E-state index contributed by atoms with van der Waals surface area (Å²) in [4.78, 5) is 0. The predicted molar refractivity (Wildman–Crippen MR) is 32.9 cm³/mol. The second kappa shape index (κ2) is 3.92. The van der Waals surface area contributed by atoms with Crippen LogP contribution < -0.4 is 0 Å². The van der Waals surface area contributed by atoms with Crippen LogP contribution in [0.5, 0.6) is 0 Å². The van der Waals surface area contributed by atoms with Crippen molar-refractivity contribution in [3.8, 4) is 0 Å². The van der Waals surface area contributed by atoms with Gasteiger partial charge < -0.3 is 10.2 Å². The van der Waals surface area contributed by atoms with Gasteiger partial charge in [0.05, 0.1) is 0 Å². The zero-order valence-corrected chi connectivity index (χ0v) is 6.10. The van der Waals surface area contributed by atoms with Crippen molar-refractivity contribution in [2.45, 2.75) is 25.6 Å². The standard InChI is InChI=1S/C6H11F3O2/c1-2-4(3-10)5(11)6(7,8)9/h4-5,10-11H,2-3H2,1H3/t4-,5-/m1/s1. The van der Waals surface area contributed by atoms with Gasteiger partial charge in [-0.15, -0.1) is 0 Å². The third-order valence-electron chi connectivity index (χ3n) is 1.54. The van der Waals surface area contributed by atoms with E-state index in [1.165, 1.54) is 6.92 Å². The zero-order valence-electron chi connectivity index (χ0n) is 6.10. The number of halogens is 3. The summed E-state index contributed by atoms with van der Waals surface area (Å²) in [6.45, 7) is 0.840. The average molecular weight is 172 g/mol. The summed E-state index contributed by atoms with van der Waals surface area (Å²) in [5.74, 6) is -1.10. The van der Waals surface area contributed by atoms with E-state index in [0.717, 1.165) is 0 Å². The van der Waals surface area contributed by atoms with Crippen molar-refractivity contribution in [2.75, 3.05) is 6.61 Å². The maximum absolute atomic E-state index is 11.7. The molecule has 0 aromatic heterocycles. The van der Waals surface area contributed by atoms with Crippen LogP contribution in [0.3, 0.4) is 0 Å². The third kappa shape index (κ3) is 3.07. The molecule has 2 nitrogen and oxygen atoms in total. The Labute approximate surface area is 62.6 Å². The monoisotopic (exact) mass is 172 g/mol. The molecule has 0 saturated carbocycles. The fourth-order valence-electron chi connectivity index (χ4n) is 0.719. The molecule has 0 aliphatic heterocycles. The van der Waals surface area contributed by atoms with Gasteiger partial charge in [-0.1, -0.05) is 6.92 Å². The molecule has 0 aliphatic carbocycles. The summed E-state index contributed by atoms with van der Waals surface area (Å²) in [7, 11) is 0. The van der Waals surface area contributed by atoms with Crippen LogP contribution in [0.25, 0.3) is 0 Å². The number of rotatable bonds is 3. The Balaban J connectivity index is 4.09. The molecule has 68 valence electrons. The van der Waals surface area contributed by atoms with Crippen molar-refractivity contribution < 1.29 is 23.4 Å². The molecule has 0 heterocycles. The second-order valence-electron chi connectivity index (χ2n) is 2.34. The third-order valence-corrected chi connectivity index (χ3v) is 1.54. The molecule has 0 rings (SSSR count). The summed E-state index contributed by atoms with van der Waals surface area (Å²) < 4.78 is 35.1. The van der Waals surface area contributed by atoms with Gasteiger partial charge in [0.2, 0.25) is 0 Å². The van der Waals surface area contributed by atoms with Crippen LogP contribution in [-0.4, -0.2) is 29.1 Å². The molecule has 0 amide bonds. The summed E-state index contributed by atoms with van der Waals surface area (Å²) >= 11 is 0. The molecule has 0 bridgehead atoms. The number of hydrogen-bond acceptors (Lipinski definition) is 2. The second-order valence-corrected chi connectivity index (χ2v) is 2.34. The molecule has 2 atom stereocenters. The van der Waals surface area contributed by atoms with Gasteiger partial charge in [-0.2, -0.15) is 13.2 Å². The van der Waals surface area contributed by atoms with Crippen molar-refractivity contribution >= 4 is 0 Å². The van der Waals surface area contributed by atoms with Crippen LogP contribution in [0.4, 0.5) is 13.2 Å². The molecule has 11 heavy (non-hydrogen) atoms. The van der Waals surface area contributed by atoms with E-state index in [1.54, 1.807) is 0 Å². The molecule has 0 aromatic carbocycles. The molecule has 0 aromatic rings. The first-order valence-electron chi connectivity index (χ1n) is 3.29. The first-order chi connectivity index (χ1) is 4.93. The van der Waals surface area contributed by atoms with E-state index in [0.29, 0.717) is 0 Å². The van der Waals surface area contributed by atoms with E-state index < -0.39 is 24.8 Å². The Morgan fingerprint density at radius 3 is 1.91 bits per heavy atom. The Morgan fingerprint density at radius 2 is 1.82 bits per heavy atom. The normalized spacial score (nSPS) is 18.0. The van der Waals surface area contributed by atoms with Crippen molar-refractivity contribution in [1.82, 2.24) is 0 Å². The highest BCUT2D eigenvalue weighted by Gasteiger charge is 2.42. The van der Waals surface area contributed by atoms with Gasteiger partial charge in [0.15, 0.2) is 6.10 Å². The van der Waals surface area contributed by atoms with Crippen molar-refractivity contribution in [3.05, 3.63) is 0 Å². The number of aliphatic hydroxyl groups is 2. The largest absolute Gasteiger partial charge is 0.414 e. The van der Waals surface area contributed by atoms with Gasteiger partial charge in [0.25, 0.3) is 0 Å². The lowest BCUT2D eigenvalue weighted by atomic mass is 10.0. The van der Waals surface area contributed by atoms with Gasteiger partial charge in [0.1, 0.15) is 0 Å².